The number of hydrogen-bond acceptors (Lipinski definition) is 3. The summed E-state index contributed by atoms with van der Waals surface area (Å²) < 4.78 is 4.65. The number of aliphatic imine (C=N–C) groups is 1. The lowest BCUT2D eigenvalue weighted by molar-refractivity contribution is -0.132. The molecule has 4 nitrogen and oxygen atoms in total. The molecular formula is C12H9N2O2. The van der Waals surface area contributed by atoms with E-state index in [4.69, 9.17) is 0 Å². The first-order chi connectivity index (χ1) is 7.79. The largest absolute Gasteiger partial charge is 0.464 e. The van der Waals surface area contributed by atoms with E-state index in [1.807, 2.05) is 18.2 Å². The third-order valence-corrected chi connectivity index (χ3v) is 2.71. The molecule has 2 heterocycles. The Bertz CT molecular complexity index is 629. The number of ether oxygens (including phenoxy) is 1. The molecule has 1 aromatic carbocycles. The second kappa shape index (κ2) is 3.20. The van der Waals surface area contributed by atoms with E-state index in [-0.39, 0.29) is 0 Å². The lowest BCUT2D eigenvalue weighted by Gasteiger charge is -1.95. The predicted octanol–water partition coefficient (Wildman–Crippen LogP) is -0.244. The molecule has 0 atom stereocenters. The molecule has 0 aliphatic carbocycles. The molecule has 1 aromatic rings. The highest BCUT2D eigenvalue weighted by Crippen LogP contribution is 2.14. The summed E-state index contributed by atoms with van der Waals surface area (Å²) in [5.41, 5.74) is 2.13. The number of carbonyl (C=O) groups excluding carboxylic acids is 1. The number of esters is 1. The maximum absolute atomic E-state index is 11.4. The smallest absolute Gasteiger partial charge is 0.356 e. The summed E-state index contributed by atoms with van der Waals surface area (Å²) in [6.45, 7) is 0.702. The fourth-order valence-corrected chi connectivity index (χ4v) is 1.96. The summed E-state index contributed by atoms with van der Waals surface area (Å²) in [7, 11) is 1.35. The Morgan fingerprint density at radius 3 is 2.94 bits per heavy atom. The Labute approximate surface area is 92.0 Å². The zero-order valence-corrected chi connectivity index (χ0v) is 8.73. The van der Waals surface area contributed by atoms with Crippen molar-refractivity contribution < 1.29 is 9.53 Å². The molecule has 3 rings (SSSR count). The molecule has 2 aliphatic heterocycles. The number of hydrogen-bond donors (Lipinski definition) is 0. The van der Waals surface area contributed by atoms with E-state index >= 15 is 0 Å². The average Bonchev–Trinajstić information content (AvgIpc) is 2.92. The first kappa shape index (κ1) is 9.15. The maximum Gasteiger partial charge on any atom is 0.356 e. The molecular weight excluding hydrogens is 204 g/mol. The van der Waals surface area contributed by atoms with Crippen LogP contribution in [0.25, 0.3) is 12.2 Å². The standard InChI is InChI=1S/C12H9N2O2/c1-16-12(15)11-6-8-7-4-5-13-9(7)2-3-10(8)14-11/h2-4,6H,5H2,1H3. The van der Waals surface area contributed by atoms with E-state index in [0.717, 1.165) is 21.8 Å². The van der Waals surface area contributed by atoms with Gasteiger partial charge in [-0.3, -0.25) is 5.32 Å². The summed E-state index contributed by atoms with van der Waals surface area (Å²) in [6, 6.07) is 3.80. The second-order valence-corrected chi connectivity index (χ2v) is 3.61. The highest BCUT2D eigenvalue weighted by molar-refractivity contribution is 6.49. The van der Waals surface area contributed by atoms with Crippen molar-refractivity contribution in [1.29, 1.82) is 0 Å². The van der Waals surface area contributed by atoms with Gasteiger partial charge in [0.25, 0.3) is 0 Å². The van der Waals surface area contributed by atoms with Crippen molar-refractivity contribution in [3.63, 3.8) is 0 Å². The van der Waals surface area contributed by atoms with E-state index in [1.54, 1.807) is 6.08 Å². The van der Waals surface area contributed by atoms with Crippen LogP contribution in [0.15, 0.2) is 17.1 Å². The third kappa shape index (κ3) is 1.16. The van der Waals surface area contributed by atoms with Crippen LogP contribution in [0.3, 0.4) is 0 Å². The molecule has 0 fully saturated rings. The average molecular weight is 213 g/mol. The number of methoxy groups -OCH3 is 1. The van der Waals surface area contributed by atoms with Crippen LogP contribution < -0.4 is 15.8 Å². The molecule has 0 spiro atoms. The van der Waals surface area contributed by atoms with Crippen LogP contribution in [0.5, 0.6) is 0 Å². The number of fused-ring (bicyclic) bond motifs is 3. The Hall–Kier alpha value is -2.10. The van der Waals surface area contributed by atoms with E-state index in [2.05, 4.69) is 15.0 Å². The van der Waals surface area contributed by atoms with Crippen LogP contribution in [-0.4, -0.2) is 25.3 Å². The second-order valence-electron chi connectivity index (χ2n) is 3.61. The molecule has 1 radical (unpaired) electrons. The van der Waals surface area contributed by atoms with Crippen molar-refractivity contribution in [1.82, 2.24) is 5.32 Å². The Kier molecular flexibility index (Phi) is 1.83. The van der Waals surface area contributed by atoms with Gasteiger partial charge in [-0.1, -0.05) is 6.08 Å². The first-order valence-corrected chi connectivity index (χ1v) is 4.99. The molecule has 0 amide bonds. The minimum atomic E-state index is -0.403. The van der Waals surface area contributed by atoms with Gasteiger partial charge in [0.15, 0.2) is 0 Å². The highest BCUT2D eigenvalue weighted by atomic mass is 16.5. The number of rotatable bonds is 1. The lowest BCUT2D eigenvalue weighted by Crippen LogP contribution is -2.24. The molecule has 4 heteroatoms. The monoisotopic (exact) mass is 213 g/mol. The van der Waals surface area contributed by atoms with Gasteiger partial charge in [-0.2, -0.15) is 0 Å². The summed E-state index contributed by atoms with van der Waals surface area (Å²) in [4.78, 5) is 15.6. The van der Waals surface area contributed by atoms with Gasteiger partial charge in [0.2, 0.25) is 0 Å². The highest BCUT2D eigenvalue weighted by Gasteiger charge is 2.17. The van der Waals surface area contributed by atoms with Crippen LogP contribution in [-0.2, 0) is 9.53 Å². The van der Waals surface area contributed by atoms with Crippen LogP contribution in [0.2, 0.25) is 0 Å². The summed E-state index contributed by atoms with van der Waals surface area (Å²) >= 11 is 0. The van der Waals surface area contributed by atoms with Crippen molar-refractivity contribution in [2.24, 2.45) is 4.99 Å². The van der Waals surface area contributed by atoms with E-state index in [1.165, 1.54) is 7.11 Å². The van der Waals surface area contributed by atoms with Crippen LogP contribution in [0.4, 0.5) is 11.4 Å². The molecule has 79 valence electrons. The van der Waals surface area contributed by atoms with Gasteiger partial charge in [-0.05, 0) is 18.2 Å². The van der Waals surface area contributed by atoms with Crippen molar-refractivity contribution in [3.8, 4) is 0 Å². The molecule has 0 saturated heterocycles. The maximum atomic E-state index is 11.4. The van der Waals surface area contributed by atoms with Crippen molar-refractivity contribution >= 4 is 35.2 Å². The first-order valence-electron chi connectivity index (χ1n) is 4.99. The lowest BCUT2D eigenvalue weighted by atomic mass is 10.2. The van der Waals surface area contributed by atoms with Crippen LogP contribution in [0.1, 0.15) is 0 Å². The van der Waals surface area contributed by atoms with Crippen LogP contribution in [0, 0.1) is 0 Å². The molecule has 16 heavy (non-hydrogen) atoms. The summed E-state index contributed by atoms with van der Waals surface area (Å²) in [5.74, 6) is -0.403. The minimum absolute atomic E-state index is 0.353. The fraction of sp³-hybridized carbons (Fsp3) is 0.167. The molecule has 0 aromatic heterocycles. The quantitative estimate of drug-likeness (QED) is 0.604. The van der Waals surface area contributed by atoms with Gasteiger partial charge in [0, 0.05) is 10.4 Å². The van der Waals surface area contributed by atoms with E-state index in [0.29, 0.717) is 12.3 Å². The molecule has 0 bridgehead atoms. The van der Waals surface area contributed by atoms with Gasteiger partial charge in [-0.15, -0.1) is 0 Å². The Morgan fingerprint density at radius 2 is 2.12 bits per heavy atom. The Morgan fingerprint density at radius 1 is 1.31 bits per heavy atom. The van der Waals surface area contributed by atoms with Gasteiger partial charge in [-0.25, -0.2) is 9.79 Å². The zero-order valence-electron chi connectivity index (χ0n) is 8.73. The normalized spacial score (nSPS) is 15.2. The number of carbonyl (C=O) groups is 1. The van der Waals surface area contributed by atoms with Gasteiger partial charge in [0.05, 0.1) is 25.0 Å². The van der Waals surface area contributed by atoms with Crippen molar-refractivity contribution in [2.75, 3.05) is 13.7 Å². The van der Waals surface area contributed by atoms with Gasteiger partial charge < -0.3 is 4.74 Å². The molecule has 0 N–H and O–H groups in total. The number of nitrogens with zero attached hydrogens (tertiary/aromatic N) is 2. The fourth-order valence-electron chi connectivity index (χ4n) is 1.96. The molecule has 2 aliphatic rings. The molecule has 0 unspecified atom stereocenters. The Balaban J connectivity index is 2.22. The van der Waals surface area contributed by atoms with E-state index < -0.39 is 5.97 Å². The molecule has 0 saturated carbocycles. The van der Waals surface area contributed by atoms with E-state index in [9.17, 15) is 4.79 Å². The summed E-state index contributed by atoms with van der Waals surface area (Å²) in [5, 5.41) is 6.37. The van der Waals surface area contributed by atoms with Crippen molar-refractivity contribution in [3.05, 3.63) is 22.6 Å². The third-order valence-electron chi connectivity index (χ3n) is 2.71. The SMILES string of the molecule is COC(=O)C1=Nc2ccc3c(c2=C1)=CC[N]3. The van der Waals surface area contributed by atoms with Gasteiger partial charge >= 0.3 is 5.97 Å². The summed E-state index contributed by atoms with van der Waals surface area (Å²) in [6.07, 6.45) is 3.80. The van der Waals surface area contributed by atoms with Crippen molar-refractivity contribution in [2.45, 2.75) is 0 Å². The van der Waals surface area contributed by atoms with Crippen LogP contribution >= 0.6 is 0 Å². The minimum Gasteiger partial charge on any atom is -0.464 e. The zero-order chi connectivity index (χ0) is 11.1. The van der Waals surface area contributed by atoms with Gasteiger partial charge in [0.1, 0.15) is 5.71 Å². The number of benzene rings is 1. The predicted molar refractivity (Wildman–Crippen MR) is 60.4 cm³/mol. The topological polar surface area (TPSA) is 52.8 Å².